The van der Waals surface area contributed by atoms with Crippen LogP contribution in [0.2, 0.25) is 0 Å². The van der Waals surface area contributed by atoms with E-state index in [1.54, 1.807) is 0 Å². The molecule has 0 aliphatic carbocycles. The summed E-state index contributed by atoms with van der Waals surface area (Å²) < 4.78 is 5.27. The van der Waals surface area contributed by atoms with Gasteiger partial charge in [-0.25, -0.2) is 4.79 Å². The minimum Gasteiger partial charge on any atom is -0.481 e. The largest absolute Gasteiger partial charge is 0.481 e. The summed E-state index contributed by atoms with van der Waals surface area (Å²) in [5, 5.41) is 29.1. The van der Waals surface area contributed by atoms with E-state index in [0.717, 1.165) is 7.11 Å². The molecule has 7 heteroatoms. The van der Waals surface area contributed by atoms with Crippen LogP contribution in [0.4, 0.5) is 0 Å². The van der Waals surface area contributed by atoms with Crippen molar-refractivity contribution >= 4 is 17.9 Å². The third kappa shape index (κ3) is 2.58. The van der Waals surface area contributed by atoms with Gasteiger partial charge in [0.05, 0.1) is 5.92 Å². The molecule has 0 heterocycles. The quantitative estimate of drug-likeness (QED) is 0.626. The summed E-state index contributed by atoms with van der Waals surface area (Å²) in [5.41, 5.74) is -5.45. The Morgan fingerprint density at radius 2 is 1.45 bits per heavy atom. The molecule has 3 N–H and O–H groups in total. The van der Waals surface area contributed by atoms with Crippen molar-refractivity contribution in [3.8, 4) is 0 Å². The fourth-order valence-corrected chi connectivity index (χ4v) is 3.68. The standard InChI is InChI=1S/C15H26O7/c1-7-9(10(16)17)14(8-2,11(18)19)15(22-6,12(20)21)13(3,4)5/h9H,7-8H2,1-6H3,(H,16,17)(H,18,19)(H,20,21). The van der Waals surface area contributed by atoms with Gasteiger partial charge >= 0.3 is 17.9 Å². The van der Waals surface area contributed by atoms with Crippen LogP contribution in [-0.2, 0) is 19.1 Å². The molecule has 3 unspecified atom stereocenters. The van der Waals surface area contributed by atoms with Gasteiger partial charge in [-0.1, -0.05) is 34.6 Å². The smallest absolute Gasteiger partial charge is 0.337 e. The van der Waals surface area contributed by atoms with Crippen LogP contribution in [0.3, 0.4) is 0 Å². The zero-order valence-corrected chi connectivity index (χ0v) is 14.0. The van der Waals surface area contributed by atoms with E-state index in [9.17, 15) is 29.7 Å². The predicted molar refractivity (Wildman–Crippen MR) is 78.6 cm³/mol. The molecule has 0 bridgehead atoms. The number of carboxylic acids is 3. The molecule has 0 aliphatic heterocycles. The monoisotopic (exact) mass is 318 g/mol. The summed E-state index contributed by atoms with van der Waals surface area (Å²) in [6.45, 7) is 7.60. The van der Waals surface area contributed by atoms with Gasteiger partial charge in [-0.3, -0.25) is 9.59 Å². The van der Waals surface area contributed by atoms with Crippen molar-refractivity contribution in [1.29, 1.82) is 0 Å². The molecule has 7 nitrogen and oxygen atoms in total. The van der Waals surface area contributed by atoms with Gasteiger partial charge in [0.25, 0.3) is 0 Å². The normalized spacial score (nSPS) is 18.8. The lowest BCUT2D eigenvalue weighted by atomic mass is 9.53. The molecular formula is C15H26O7. The first-order valence-electron chi connectivity index (χ1n) is 7.15. The first-order valence-corrected chi connectivity index (χ1v) is 7.15. The van der Waals surface area contributed by atoms with Crippen molar-refractivity contribution in [3.05, 3.63) is 0 Å². The summed E-state index contributed by atoms with van der Waals surface area (Å²) in [6, 6.07) is 0. The van der Waals surface area contributed by atoms with E-state index < -0.39 is 40.3 Å². The molecule has 0 spiro atoms. The molecule has 3 atom stereocenters. The molecule has 0 saturated carbocycles. The fraction of sp³-hybridized carbons (Fsp3) is 0.800. The highest BCUT2D eigenvalue weighted by atomic mass is 16.5. The highest BCUT2D eigenvalue weighted by Crippen LogP contribution is 2.54. The van der Waals surface area contributed by atoms with Crippen molar-refractivity contribution in [2.24, 2.45) is 16.7 Å². The van der Waals surface area contributed by atoms with E-state index in [0.29, 0.717) is 0 Å². The summed E-state index contributed by atoms with van der Waals surface area (Å²) in [7, 11) is 1.11. The van der Waals surface area contributed by atoms with Gasteiger partial charge in [0.15, 0.2) is 5.60 Å². The second-order valence-electron chi connectivity index (χ2n) is 6.37. The highest BCUT2D eigenvalue weighted by Gasteiger charge is 2.70. The molecule has 22 heavy (non-hydrogen) atoms. The van der Waals surface area contributed by atoms with Gasteiger partial charge in [0.2, 0.25) is 0 Å². The minimum atomic E-state index is -2.19. The van der Waals surface area contributed by atoms with Gasteiger partial charge in [0.1, 0.15) is 5.41 Å². The average Bonchev–Trinajstić information content (AvgIpc) is 2.35. The first-order chi connectivity index (χ1) is 9.90. The van der Waals surface area contributed by atoms with Crippen LogP contribution in [-0.4, -0.2) is 45.9 Å². The number of hydrogen-bond acceptors (Lipinski definition) is 4. The van der Waals surface area contributed by atoms with E-state index in [1.165, 1.54) is 34.6 Å². The third-order valence-corrected chi connectivity index (χ3v) is 4.53. The Labute approximate surface area is 130 Å². The van der Waals surface area contributed by atoms with E-state index >= 15 is 0 Å². The van der Waals surface area contributed by atoms with Crippen LogP contribution >= 0.6 is 0 Å². The Balaban J connectivity index is 6.92. The maximum absolute atomic E-state index is 12.1. The lowest BCUT2D eigenvalue weighted by Gasteiger charge is -2.52. The molecule has 0 amide bonds. The molecule has 0 aromatic carbocycles. The third-order valence-electron chi connectivity index (χ3n) is 4.53. The van der Waals surface area contributed by atoms with Gasteiger partial charge < -0.3 is 20.1 Å². The Kier molecular flexibility index (Phi) is 6.15. The molecule has 0 aliphatic rings. The maximum Gasteiger partial charge on any atom is 0.337 e. The SMILES string of the molecule is CCC(C(=O)O)C(CC)(C(=O)O)C(OC)(C(=O)O)C(C)(C)C. The molecule has 0 saturated heterocycles. The number of carboxylic acid groups (broad SMARTS) is 3. The average molecular weight is 318 g/mol. The summed E-state index contributed by atoms with van der Waals surface area (Å²) in [5.74, 6) is -5.71. The van der Waals surface area contributed by atoms with Crippen molar-refractivity contribution < 1.29 is 34.4 Å². The number of carbonyl (C=O) groups is 3. The first kappa shape index (κ1) is 20.4. The van der Waals surface area contributed by atoms with Gasteiger partial charge in [-0.05, 0) is 12.8 Å². The second-order valence-corrected chi connectivity index (χ2v) is 6.37. The van der Waals surface area contributed by atoms with Crippen LogP contribution in [0.1, 0.15) is 47.5 Å². The van der Waals surface area contributed by atoms with Crippen molar-refractivity contribution in [3.63, 3.8) is 0 Å². The zero-order valence-electron chi connectivity index (χ0n) is 14.0. The van der Waals surface area contributed by atoms with E-state index in [4.69, 9.17) is 4.74 Å². The van der Waals surface area contributed by atoms with Crippen LogP contribution in [0.25, 0.3) is 0 Å². The minimum absolute atomic E-state index is 0.0239. The van der Waals surface area contributed by atoms with E-state index in [2.05, 4.69) is 0 Å². The predicted octanol–water partition coefficient (Wildman–Crippen LogP) is 2.09. The van der Waals surface area contributed by atoms with E-state index in [-0.39, 0.29) is 12.8 Å². The Bertz CT molecular complexity index is 451. The number of rotatable bonds is 8. The van der Waals surface area contributed by atoms with Crippen molar-refractivity contribution in [2.75, 3.05) is 7.11 Å². The Morgan fingerprint density at radius 3 is 1.59 bits per heavy atom. The van der Waals surface area contributed by atoms with Crippen LogP contribution in [0, 0.1) is 16.7 Å². The van der Waals surface area contributed by atoms with Crippen LogP contribution in [0.15, 0.2) is 0 Å². The van der Waals surface area contributed by atoms with Crippen LogP contribution < -0.4 is 0 Å². The van der Waals surface area contributed by atoms with Crippen LogP contribution in [0.5, 0.6) is 0 Å². The number of aliphatic carboxylic acids is 3. The number of hydrogen-bond donors (Lipinski definition) is 3. The zero-order chi connectivity index (χ0) is 17.9. The van der Waals surface area contributed by atoms with Crippen molar-refractivity contribution in [2.45, 2.75) is 53.1 Å². The molecule has 0 aromatic rings. The molecule has 0 rings (SSSR count). The lowest BCUT2D eigenvalue weighted by molar-refractivity contribution is -0.230. The Morgan fingerprint density at radius 1 is 1.00 bits per heavy atom. The van der Waals surface area contributed by atoms with Gasteiger partial charge in [-0.15, -0.1) is 0 Å². The number of ether oxygens (including phenoxy) is 1. The number of methoxy groups -OCH3 is 1. The maximum atomic E-state index is 12.1. The summed E-state index contributed by atoms with van der Waals surface area (Å²) in [4.78, 5) is 35.8. The summed E-state index contributed by atoms with van der Waals surface area (Å²) >= 11 is 0. The molecule has 0 fully saturated rings. The fourth-order valence-electron chi connectivity index (χ4n) is 3.68. The molecular weight excluding hydrogens is 292 g/mol. The second kappa shape index (κ2) is 6.64. The van der Waals surface area contributed by atoms with Gasteiger partial charge in [-0.2, -0.15) is 0 Å². The Hall–Kier alpha value is -1.63. The molecule has 0 radical (unpaired) electrons. The summed E-state index contributed by atoms with van der Waals surface area (Å²) in [6.07, 6.45) is -0.214. The van der Waals surface area contributed by atoms with Crippen molar-refractivity contribution in [1.82, 2.24) is 0 Å². The highest BCUT2D eigenvalue weighted by molar-refractivity contribution is 5.93. The van der Waals surface area contributed by atoms with E-state index in [1.807, 2.05) is 0 Å². The lowest BCUT2D eigenvalue weighted by Crippen LogP contribution is -2.69. The molecule has 128 valence electrons. The van der Waals surface area contributed by atoms with Gasteiger partial charge in [0, 0.05) is 12.5 Å². The molecule has 0 aromatic heterocycles. The topological polar surface area (TPSA) is 121 Å².